The van der Waals surface area contributed by atoms with Crippen molar-refractivity contribution in [2.45, 2.75) is 11.4 Å². The number of pyridine rings is 1. The molecule has 3 aromatic rings. The highest BCUT2D eigenvalue weighted by molar-refractivity contribution is 9.11. The molecule has 0 bridgehead atoms. The van der Waals surface area contributed by atoms with Gasteiger partial charge in [-0.1, -0.05) is 22.0 Å². The molecule has 6 nitrogen and oxygen atoms in total. The van der Waals surface area contributed by atoms with Gasteiger partial charge in [-0.05, 0) is 45.8 Å². The van der Waals surface area contributed by atoms with Crippen LogP contribution in [0.25, 0.3) is 0 Å². The van der Waals surface area contributed by atoms with Gasteiger partial charge in [0, 0.05) is 27.5 Å². The van der Waals surface area contributed by atoms with E-state index < -0.39 is 10.0 Å². The summed E-state index contributed by atoms with van der Waals surface area (Å²) in [6.07, 6.45) is 6.54. The number of aromatic nitrogens is 3. The van der Waals surface area contributed by atoms with Crippen LogP contribution in [-0.4, -0.2) is 23.2 Å². The van der Waals surface area contributed by atoms with Gasteiger partial charge in [-0.25, -0.2) is 8.42 Å². The Labute approximate surface area is 156 Å². The number of hydrogen-bond acceptors (Lipinski definition) is 4. The van der Waals surface area contributed by atoms with Gasteiger partial charge < -0.3 is 0 Å². The molecule has 0 amide bonds. The highest BCUT2D eigenvalue weighted by Gasteiger charge is 2.19. The fraction of sp³-hybridized carbons (Fsp3) is 0.0667. The van der Waals surface area contributed by atoms with Crippen molar-refractivity contribution in [1.29, 1.82) is 0 Å². The first-order chi connectivity index (χ1) is 11.4. The number of nitrogens with one attached hydrogen (secondary N) is 1. The maximum absolute atomic E-state index is 12.5. The van der Waals surface area contributed by atoms with Crippen LogP contribution < -0.4 is 4.72 Å². The lowest BCUT2D eigenvalue weighted by Crippen LogP contribution is -2.13. The molecule has 0 aliphatic heterocycles. The second kappa shape index (κ2) is 7.04. The number of hydrogen-bond donors (Lipinski definition) is 1. The fourth-order valence-corrected chi connectivity index (χ4v) is 4.61. The molecule has 124 valence electrons. The molecular formula is C15H12Br2N4O2S. The largest absolute Gasteiger partial charge is 0.276 e. The first kappa shape index (κ1) is 17.1. The standard InChI is InChI=1S/C15H12Br2N4O2S/c16-12-3-4-14(17)15(6-12)24(22,23)20-13-8-19-21(10-13)9-11-2-1-5-18-7-11/h1-8,10,20H,9H2. The number of sulfonamides is 1. The lowest BCUT2D eigenvalue weighted by Gasteiger charge is -2.08. The molecule has 0 saturated carbocycles. The van der Waals surface area contributed by atoms with Gasteiger partial charge in [0.25, 0.3) is 10.0 Å². The van der Waals surface area contributed by atoms with Gasteiger partial charge in [0.15, 0.2) is 0 Å². The third-order valence-corrected chi connectivity index (χ3v) is 6.00. The van der Waals surface area contributed by atoms with Gasteiger partial charge in [-0.3, -0.25) is 14.4 Å². The summed E-state index contributed by atoms with van der Waals surface area (Å²) in [6, 6.07) is 8.73. The molecule has 2 aromatic heterocycles. The normalized spacial score (nSPS) is 11.4. The number of rotatable bonds is 5. The van der Waals surface area contributed by atoms with E-state index in [1.165, 1.54) is 12.3 Å². The minimum absolute atomic E-state index is 0.150. The zero-order valence-corrected chi connectivity index (χ0v) is 16.2. The van der Waals surface area contributed by atoms with Gasteiger partial charge in [0.05, 0.1) is 18.4 Å². The Hall–Kier alpha value is -1.71. The molecule has 0 fully saturated rings. The van der Waals surface area contributed by atoms with E-state index in [0.717, 1.165) is 5.56 Å². The predicted molar refractivity (Wildman–Crippen MR) is 98.2 cm³/mol. The second-order valence-corrected chi connectivity index (χ2v) is 8.39. The lowest BCUT2D eigenvalue weighted by atomic mass is 10.3. The van der Waals surface area contributed by atoms with E-state index in [2.05, 4.69) is 46.7 Å². The van der Waals surface area contributed by atoms with E-state index in [1.54, 1.807) is 35.4 Å². The zero-order valence-electron chi connectivity index (χ0n) is 12.2. The van der Waals surface area contributed by atoms with Crippen LogP contribution in [0.3, 0.4) is 0 Å². The first-order valence-electron chi connectivity index (χ1n) is 6.83. The van der Waals surface area contributed by atoms with Gasteiger partial charge in [-0.2, -0.15) is 5.10 Å². The Kier molecular flexibility index (Phi) is 5.02. The Balaban J connectivity index is 1.80. The van der Waals surface area contributed by atoms with Crippen LogP contribution in [0, 0.1) is 0 Å². The van der Waals surface area contributed by atoms with E-state index in [-0.39, 0.29) is 4.90 Å². The van der Waals surface area contributed by atoms with Crippen LogP contribution in [0.4, 0.5) is 5.69 Å². The zero-order chi connectivity index (χ0) is 17.2. The maximum atomic E-state index is 12.5. The molecule has 1 aromatic carbocycles. The number of benzene rings is 1. The number of halogens is 2. The quantitative estimate of drug-likeness (QED) is 0.616. The van der Waals surface area contributed by atoms with E-state index in [0.29, 0.717) is 21.2 Å². The summed E-state index contributed by atoms with van der Waals surface area (Å²) in [5.74, 6) is 0. The maximum Gasteiger partial charge on any atom is 0.263 e. The Morgan fingerprint density at radius 1 is 1.17 bits per heavy atom. The third-order valence-electron chi connectivity index (χ3n) is 3.14. The summed E-state index contributed by atoms with van der Waals surface area (Å²) < 4.78 is 30.4. The molecule has 2 heterocycles. The third kappa shape index (κ3) is 4.03. The molecule has 24 heavy (non-hydrogen) atoms. The smallest absolute Gasteiger partial charge is 0.263 e. The lowest BCUT2D eigenvalue weighted by molar-refractivity contribution is 0.600. The highest BCUT2D eigenvalue weighted by Crippen LogP contribution is 2.27. The van der Waals surface area contributed by atoms with Gasteiger partial charge >= 0.3 is 0 Å². The van der Waals surface area contributed by atoms with E-state index >= 15 is 0 Å². The summed E-state index contributed by atoms with van der Waals surface area (Å²) in [5, 5.41) is 4.17. The monoisotopic (exact) mass is 470 g/mol. The van der Waals surface area contributed by atoms with E-state index in [1.807, 2.05) is 12.1 Å². The summed E-state index contributed by atoms with van der Waals surface area (Å²) in [5.41, 5.74) is 1.37. The summed E-state index contributed by atoms with van der Waals surface area (Å²) in [7, 11) is -3.72. The Morgan fingerprint density at radius 2 is 2.00 bits per heavy atom. The van der Waals surface area contributed by atoms with Crippen LogP contribution in [0.15, 0.2) is 69.0 Å². The topological polar surface area (TPSA) is 76.9 Å². The van der Waals surface area contributed by atoms with Crippen molar-refractivity contribution < 1.29 is 8.42 Å². The average molecular weight is 472 g/mol. The van der Waals surface area contributed by atoms with Crippen molar-refractivity contribution in [1.82, 2.24) is 14.8 Å². The molecule has 0 unspecified atom stereocenters. The highest BCUT2D eigenvalue weighted by atomic mass is 79.9. The Morgan fingerprint density at radius 3 is 2.75 bits per heavy atom. The second-order valence-electron chi connectivity index (χ2n) is 4.97. The van der Waals surface area contributed by atoms with E-state index in [4.69, 9.17) is 0 Å². The van der Waals surface area contributed by atoms with Crippen molar-refractivity contribution in [3.8, 4) is 0 Å². The SMILES string of the molecule is O=S(=O)(Nc1cnn(Cc2cccnc2)c1)c1cc(Br)ccc1Br. The molecular weight excluding hydrogens is 460 g/mol. The van der Waals surface area contributed by atoms with E-state index in [9.17, 15) is 8.42 Å². The molecule has 0 spiro atoms. The molecule has 9 heteroatoms. The van der Waals surface area contributed by atoms with Gasteiger partial charge in [0.2, 0.25) is 0 Å². The van der Waals surface area contributed by atoms with Crippen LogP contribution in [0.1, 0.15) is 5.56 Å². The molecule has 1 N–H and O–H groups in total. The van der Waals surface area contributed by atoms with Crippen LogP contribution in [0.5, 0.6) is 0 Å². The van der Waals surface area contributed by atoms with Crippen molar-refractivity contribution in [3.05, 3.63) is 69.6 Å². The van der Waals surface area contributed by atoms with Crippen LogP contribution in [0.2, 0.25) is 0 Å². The summed E-state index contributed by atoms with van der Waals surface area (Å²) in [6.45, 7) is 0.510. The van der Waals surface area contributed by atoms with Crippen LogP contribution in [-0.2, 0) is 16.6 Å². The van der Waals surface area contributed by atoms with Crippen molar-refractivity contribution in [3.63, 3.8) is 0 Å². The van der Waals surface area contributed by atoms with Crippen molar-refractivity contribution in [2.75, 3.05) is 4.72 Å². The number of anilines is 1. The van der Waals surface area contributed by atoms with Crippen molar-refractivity contribution >= 4 is 47.6 Å². The minimum atomic E-state index is -3.72. The Bertz CT molecular complexity index is 959. The molecule has 0 radical (unpaired) electrons. The van der Waals surface area contributed by atoms with Gasteiger partial charge in [-0.15, -0.1) is 0 Å². The molecule has 0 saturated heterocycles. The average Bonchev–Trinajstić information content (AvgIpc) is 2.97. The van der Waals surface area contributed by atoms with Gasteiger partial charge in [0.1, 0.15) is 4.90 Å². The predicted octanol–water partition coefficient (Wildman–Crippen LogP) is 3.65. The van der Waals surface area contributed by atoms with Crippen LogP contribution >= 0.6 is 31.9 Å². The fourth-order valence-electron chi connectivity index (χ4n) is 2.07. The summed E-state index contributed by atoms with van der Waals surface area (Å²) in [4.78, 5) is 4.19. The number of nitrogens with zero attached hydrogens (tertiary/aromatic N) is 3. The summed E-state index contributed by atoms with van der Waals surface area (Å²) >= 11 is 6.54. The molecule has 0 atom stereocenters. The minimum Gasteiger partial charge on any atom is -0.276 e. The molecule has 3 rings (SSSR count). The molecule has 0 aliphatic carbocycles. The molecule has 0 aliphatic rings. The van der Waals surface area contributed by atoms with Crippen molar-refractivity contribution in [2.24, 2.45) is 0 Å². The first-order valence-corrected chi connectivity index (χ1v) is 9.90.